The van der Waals surface area contributed by atoms with Gasteiger partial charge < -0.3 is 11.1 Å². The number of anilines is 1. The molecule has 0 aliphatic heterocycles. The zero-order chi connectivity index (χ0) is 14.0. The molecule has 3 N–H and O–H groups in total. The first-order valence-electron chi connectivity index (χ1n) is 5.42. The van der Waals surface area contributed by atoms with Gasteiger partial charge in [-0.2, -0.15) is 0 Å². The predicted molar refractivity (Wildman–Crippen MR) is 76.8 cm³/mol. The van der Waals surface area contributed by atoms with E-state index in [2.05, 4.69) is 26.2 Å². The molecule has 1 heterocycles. The number of halogens is 2. The first kappa shape index (κ1) is 14.1. The second-order valence-corrected chi connectivity index (χ2v) is 5.66. The molecule has 2 rings (SSSR count). The number of nitrogens with two attached hydrogens (primary N) is 1. The summed E-state index contributed by atoms with van der Waals surface area (Å²) in [4.78, 5) is 16.0. The number of aryl methyl sites for hydroxylation is 1. The largest absolute Gasteiger partial charge is 0.325 e. The minimum Gasteiger partial charge on any atom is -0.325 e. The lowest BCUT2D eigenvalue weighted by atomic mass is 10.2. The molecule has 0 bridgehead atoms. The second kappa shape index (κ2) is 5.77. The molecule has 2 aromatic rings. The van der Waals surface area contributed by atoms with Crippen molar-refractivity contribution in [1.82, 2.24) is 4.98 Å². The van der Waals surface area contributed by atoms with E-state index in [-0.39, 0.29) is 11.6 Å². The van der Waals surface area contributed by atoms with E-state index in [1.807, 2.05) is 0 Å². The van der Waals surface area contributed by atoms with Crippen LogP contribution in [0.2, 0.25) is 0 Å². The normalized spacial score (nSPS) is 10.5. The predicted octanol–water partition coefficient (Wildman–Crippen LogP) is 3.06. The van der Waals surface area contributed by atoms with Crippen LogP contribution in [0.3, 0.4) is 0 Å². The van der Waals surface area contributed by atoms with E-state index >= 15 is 0 Å². The molecule has 0 spiro atoms. The van der Waals surface area contributed by atoms with Gasteiger partial charge in [0.25, 0.3) is 5.91 Å². The van der Waals surface area contributed by atoms with Gasteiger partial charge in [0.15, 0.2) is 0 Å². The monoisotopic (exact) mass is 343 g/mol. The molecule has 100 valence electrons. The fraction of sp³-hybridized carbons (Fsp3) is 0.167. The number of hydrogen-bond acceptors (Lipinski definition) is 4. The van der Waals surface area contributed by atoms with Crippen LogP contribution in [-0.4, -0.2) is 10.9 Å². The van der Waals surface area contributed by atoms with E-state index < -0.39 is 5.82 Å². The minimum atomic E-state index is -0.429. The average molecular weight is 344 g/mol. The Morgan fingerprint density at radius 2 is 2.32 bits per heavy atom. The van der Waals surface area contributed by atoms with Gasteiger partial charge in [0.2, 0.25) is 0 Å². The van der Waals surface area contributed by atoms with E-state index in [1.165, 1.54) is 17.4 Å². The summed E-state index contributed by atoms with van der Waals surface area (Å²) in [6.45, 7) is 2.08. The maximum atomic E-state index is 13.4. The SMILES string of the molecule is Cc1cc(Br)c(F)cc1NC(=O)c1csc(CN)n1. The molecule has 0 fully saturated rings. The topological polar surface area (TPSA) is 68.0 Å². The number of nitrogens with zero attached hydrogens (tertiary/aromatic N) is 1. The van der Waals surface area contributed by atoms with E-state index in [0.29, 0.717) is 21.7 Å². The Hall–Kier alpha value is -1.31. The Morgan fingerprint density at radius 1 is 1.58 bits per heavy atom. The molecule has 1 aromatic carbocycles. The number of carbonyl (C=O) groups is 1. The average Bonchev–Trinajstić information content (AvgIpc) is 2.84. The van der Waals surface area contributed by atoms with Gasteiger partial charge in [-0.3, -0.25) is 4.79 Å². The maximum Gasteiger partial charge on any atom is 0.275 e. The van der Waals surface area contributed by atoms with Gasteiger partial charge in [0.05, 0.1) is 4.47 Å². The summed E-state index contributed by atoms with van der Waals surface area (Å²) in [6.07, 6.45) is 0. The minimum absolute atomic E-state index is 0.285. The fourth-order valence-electron chi connectivity index (χ4n) is 1.48. The molecule has 0 aliphatic rings. The van der Waals surface area contributed by atoms with E-state index in [4.69, 9.17) is 5.73 Å². The van der Waals surface area contributed by atoms with Gasteiger partial charge >= 0.3 is 0 Å². The van der Waals surface area contributed by atoms with Crippen molar-refractivity contribution in [2.75, 3.05) is 5.32 Å². The summed E-state index contributed by atoms with van der Waals surface area (Å²) in [5, 5.41) is 4.95. The molecule has 1 amide bonds. The van der Waals surface area contributed by atoms with Crippen molar-refractivity contribution in [3.63, 3.8) is 0 Å². The maximum absolute atomic E-state index is 13.4. The van der Waals surface area contributed by atoms with Crippen molar-refractivity contribution in [1.29, 1.82) is 0 Å². The van der Waals surface area contributed by atoms with Crippen molar-refractivity contribution >= 4 is 38.9 Å². The third-order valence-corrected chi connectivity index (χ3v) is 3.95. The Kier molecular flexibility index (Phi) is 4.28. The lowest BCUT2D eigenvalue weighted by Gasteiger charge is -2.08. The number of thiazole rings is 1. The highest BCUT2D eigenvalue weighted by Crippen LogP contribution is 2.24. The standard InChI is InChI=1S/C12H11BrFN3OS/c1-6-2-7(13)8(14)3-9(6)17-12(18)10-5-19-11(4-15)16-10/h2-3,5H,4,15H2,1H3,(H,17,18). The summed E-state index contributed by atoms with van der Waals surface area (Å²) < 4.78 is 13.8. The Labute approximate surface area is 122 Å². The van der Waals surface area contributed by atoms with Crippen molar-refractivity contribution < 1.29 is 9.18 Å². The van der Waals surface area contributed by atoms with Crippen LogP contribution in [0.15, 0.2) is 22.0 Å². The second-order valence-electron chi connectivity index (χ2n) is 3.87. The number of hydrogen-bond donors (Lipinski definition) is 2. The lowest BCUT2D eigenvalue weighted by molar-refractivity contribution is 0.102. The molecule has 0 saturated carbocycles. The van der Waals surface area contributed by atoms with Gasteiger partial charge in [0, 0.05) is 17.6 Å². The number of nitrogens with one attached hydrogen (secondary N) is 1. The van der Waals surface area contributed by atoms with Gasteiger partial charge in [-0.1, -0.05) is 0 Å². The van der Waals surface area contributed by atoms with Crippen LogP contribution < -0.4 is 11.1 Å². The number of benzene rings is 1. The molecule has 19 heavy (non-hydrogen) atoms. The van der Waals surface area contributed by atoms with Crippen LogP contribution in [0.5, 0.6) is 0 Å². The summed E-state index contributed by atoms with van der Waals surface area (Å²) in [5.41, 5.74) is 6.91. The fourth-order valence-corrected chi connectivity index (χ4v) is 2.59. The van der Waals surface area contributed by atoms with E-state index in [0.717, 1.165) is 5.56 Å². The molecule has 4 nitrogen and oxygen atoms in total. The van der Waals surface area contributed by atoms with Gasteiger partial charge in [-0.05, 0) is 40.5 Å². The summed E-state index contributed by atoms with van der Waals surface area (Å²) in [5.74, 6) is -0.803. The smallest absolute Gasteiger partial charge is 0.275 e. The van der Waals surface area contributed by atoms with E-state index in [1.54, 1.807) is 18.4 Å². The van der Waals surface area contributed by atoms with Crippen LogP contribution in [0.1, 0.15) is 21.1 Å². The Bertz CT molecular complexity index is 629. The number of amides is 1. The molecular formula is C12H11BrFN3OS. The number of rotatable bonds is 3. The van der Waals surface area contributed by atoms with Crippen molar-refractivity contribution in [2.24, 2.45) is 5.73 Å². The quantitative estimate of drug-likeness (QED) is 0.899. The van der Waals surface area contributed by atoms with Gasteiger partial charge in [-0.25, -0.2) is 9.37 Å². The molecule has 7 heteroatoms. The van der Waals surface area contributed by atoms with Crippen LogP contribution in [0, 0.1) is 12.7 Å². The highest BCUT2D eigenvalue weighted by atomic mass is 79.9. The van der Waals surface area contributed by atoms with Gasteiger partial charge in [-0.15, -0.1) is 11.3 Å². The molecule has 0 saturated heterocycles. The molecule has 0 atom stereocenters. The van der Waals surface area contributed by atoms with Crippen LogP contribution >= 0.6 is 27.3 Å². The summed E-state index contributed by atoms with van der Waals surface area (Å²) in [6, 6.07) is 2.88. The number of carbonyl (C=O) groups excluding carboxylic acids is 1. The first-order valence-corrected chi connectivity index (χ1v) is 7.10. The Balaban J connectivity index is 2.21. The van der Waals surface area contributed by atoms with Crippen molar-refractivity contribution in [3.05, 3.63) is 44.1 Å². The molecule has 0 aliphatic carbocycles. The molecule has 0 unspecified atom stereocenters. The summed E-state index contributed by atoms with van der Waals surface area (Å²) in [7, 11) is 0. The van der Waals surface area contributed by atoms with Gasteiger partial charge in [0.1, 0.15) is 16.5 Å². The molecule has 1 aromatic heterocycles. The van der Waals surface area contributed by atoms with Crippen LogP contribution in [0.25, 0.3) is 0 Å². The summed E-state index contributed by atoms with van der Waals surface area (Å²) >= 11 is 4.41. The highest BCUT2D eigenvalue weighted by Gasteiger charge is 2.13. The van der Waals surface area contributed by atoms with Crippen LogP contribution in [0.4, 0.5) is 10.1 Å². The zero-order valence-electron chi connectivity index (χ0n) is 10.0. The molecular weight excluding hydrogens is 333 g/mol. The Morgan fingerprint density at radius 3 is 2.95 bits per heavy atom. The van der Waals surface area contributed by atoms with Crippen molar-refractivity contribution in [2.45, 2.75) is 13.5 Å². The first-order chi connectivity index (χ1) is 9.01. The number of aromatic nitrogens is 1. The van der Waals surface area contributed by atoms with Crippen molar-refractivity contribution in [3.8, 4) is 0 Å². The van der Waals surface area contributed by atoms with Crippen LogP contribution in [-0.2, 0) is 6.54 Å². The lowest BCUT2D eigenvalue weighted by Crippen LogP contribution is -2.13. The highest BCUT2D eigenvalue weighted by molar-refractivity contribution is 9.10. The third-order valence-electron chi connectivity index (χ3n) is 2.47. The third kappa shape index (κ3) is 3.17. The molecule has 0 radical (unpaired) electrons. The van der Waals surface area contributed by atoms with E-state index in [9.17, 15) is 9.18 Å². The zero-order valence-corrected chi connectivity index (χ0v) is 12.4.